The van der Waals surface area contributed by atoms with Crippen LogP contribution >= 0.6 is 0 Å². The highest BCUT2D eigenvalue weighted by Crippen LogP contribution is 2.38. The van der Waals surface area contributed by atoms with Gasteiger partial charge in [-0.25, -0.2) is 9.97 Å². The Morgan fingerprint density at radius 3 is 2.44 bits per heavy atom. The third kappa shape index (κ3) is 3.18. The van der Waals surface area contributed by atoms with Crippen molar-refractivity contribution in [3.8, 4) is 11.5 Å². The molecule has 0 radical (unpaired) electrons. The lowest BCUT2D eigenvalue weighted by Crippen LogP contribution is -2.46. The number of aromatic nitrogens is 2. The number of hydrogen-bond acceptors (Lipinski definition) is 8. The summed E-state index contributed by atoms with van der Waals surface area (Å²) in [6.07, 6.45) is 3.45. The first-order valence-electron chi connectivity index (χ1n) is 8.02. The Bertz CT molecular complexity index is 778. The molecule has 0 aliphatic carbocycles. The summed E-state index contributed by atoms with van der Waals surface area (Å²) in [5.74, 6) is 1.72. The second kappa shape index (κ2) is 6.52. The van der Waals surface area contributed by atoms with E-state index in [1.807, 2.05) is 0 Å². The van der Waals surface area contributed by atoms with Gasteiger partial charge in [0.2, 0.25) is 12.7 Å². The van der Waals surface area contributed by atoms with Crippen LogP contribution in [0.4, 0.5) is 11.6 Å². The van der Waals surface area contributed by atoms with E-state index in [1.54, 1.807) is 24.5 Å². The van der Waals surface area contributed by atoms with E-state index in [-0.39, 0.29) is 17.4 Å². The SMILES string of the molecule is O=[N+]([O-])c1cc2c(cc1CN1CCN(c3ncccn3)CC1)OCO2. The highest BCUT2D eigenvalue weighted by molar-refractivity contribution is 5.55. The molecule has 0 N–H and O–H groups in total. The lowest BCUT2D eigenvalue weighted by molar-refractivity contribution is -0.385. The summed E-state index contributed by atoms with van der Waals surface area (Å²) in [4.78, 5) is 23.8. The number of piperazine rings is 1. The molecule has 1 fully saturated rings. The minimum atomic E-state index is -0.370. The van der Waals surface area contributed by atoms with Crippen LogP contribution in [-0.4, -0.2) is 52.8 Å². The number of nitrogens with zero attached hydrogens (tertiary/aromatic N) is 5. The van der Waals surface area contributed by atoms with Gasteiger partial charge in [0.1, 0.15) is 0 Å². The van der Waals surface area contributed by atoms with Crippen LogP contribution in [0.2, 0.25) is 0 Å². The lowest BCUT2D eigenvalue weighted by Gasteiger charge is -2.34. The molecule has 9 nitrogen and oxygen atoms in total. The molecule has 2 aromatic rings. The number of fused-ring (bicyclic) bond motifs is 1. The molecule has 4 rings (SSSR count). The van der Waals surface area contributed by atoms with Crippen molar-refractivity contribution in [1.29, 1.82) is 0 Å². The molecule has 2 aliphatic heterocycles. The fraction of sp³-hybridized carbons (Fsp3) is 0.375. The van der Waals surface area contributed by atoms with Gasteiger partial charge in [-0.05, 0) is 12.1 Å². The van der Waals surface area contributed by atoms with Gasteiger partial charge in [-0.2, -0.15) is 0 Å². The van der Waals surface area contributed by atoms with E-state index in [4.69, 9.17) is 9.47 Å². The number of hydrogen-bond donors (Lipinski definition) is 0. The van der Waals surface area contributed by atoms with Crippen LogP contribution in [0.25, 0.3) is 0 Å². The van der Waals surface area contributed by atoms with Crippen LogP contribution in [0.15, 0.2) is 30.6 Å². The molecule has 0 atom stereocenters. The molecule has 9 heteroatoms. The molecule has 0 bridgehead atoms. The van der Waals surface area contributed by atoms with Crippen molar-refractivity contribution in [3.63, 3.8) is 0 Å². The van der Waals surface area contributed by atoms with Crippen molar-refractivity contribution >= 4 is 11.6 Å². The van der Waals surface area contributed by atoms with Crippen LogP contribution in [0.3, 0.4) is 0 Å². The molecule has 1 saturated heterocycles. The molecule has 25 heavy (non-hydrogen) atoms. The first kappa shape index (κ1) is 15.6. The summed E-state index contributed by atoms with van der Waals surface area (Å²) >= 11 is 0. The van der Waals surface area contributed by atoms with E-state index >= 15 is 0 Å². The molecule has 1 aromatic heterocycles. The Kier molecular flexibility index (Phi) is 4.06. The van der Waals surface area contributed by atoms with Crippen molar-refractivity contribution < 1.29 is 14.4 Å². The highest BCUT2D eigenvalue weighted by atomic mass is 16.7. The zero-order valence-corrected chi connectivity index (χ0v) is 13.5. The summed E-state index contributed by atoms with van der Waals surface area (Å²) < 4.78 is 10.6. The fourth-order valence-electron chi connectivity index (χ4n) is 3.07. The molecular formula is C16H17N5O4. The lowest BCUT2D eigenvalue weighted by atomic mass is 10.1. The molecular weight excluding hydrogens is 326 g/mol. The Hall–Kier alpha value is -2.94. The number of nitro benzene ring substituents is 1. The third-order valence-corrected chi connectivity index (χ3v) is 4.37. The van der Waals surface area contributed by atoms with Crippen molar-refractivity contribution in [2.24, 2.45) is 0 Å². The van der Waals surface area contributed by atoms with Gasteiger partial charge in [-0.15, -0.1) is 0 Å². The summed E-state index contributed by atoms with van der Waals surface area (Å²) in [6, 6.07) is 4.96. The topological polar surface area (TPSA) is 93.9 Å². The van der Waals surface area contributed by atoms with E-state index in [2.05, 4.69) is 19.8 Å². The van der Waals surface area contributed by atoms with Gasteiger partial charge in [0.15, 0.2) is 11.5 Å². The van der Waals surface area contributed by atoms with Gasteiger partial charge >= 0.3 is 0 Å². The molecule has 0 spiro atoms. The van der Waals surface area contributed by atoms with Gasteiger partial charge in [-0.1, -0.05) is 0 Å². The van der Waals surface area contributed by atoms with Gasteiger partial charge in [0, 0.05) is 50.7 Å². The van der Waals surface area contributed by atoms with Crippen molar-refractivity contribution in [2.75, 3.05) is 37.9 Å². The Labute approximate surface area is 144 Å². The Morgan fingerprint density at radius 1 is 1.08 bits per heavy atom. The van der Waals surface area contributed by atoms with Gasteiger partial charge < -0.3 is 14.4 Å². The van der Waals surface area contributed by atoms with Gasteiger partial charge in [0.05, 0.1) is 11.0 Å². The zero-order valence-electron chi connectivity index (χ0n) is 13.5. The second-order valence-electron chi connectivity index (χ2n) is 5.90. The standard InChI is InChI=1S/C16H17N5O4/c22-21(23)13-9-15-14(24-11-25-15)8-12(13)10-19-4-6-20(7-5-19)16-17-2-1-3-18-16/h1-3,8-9H,4-7,10-11H2. The van der Waals surface area contributed by atoms with Crippen molar-refractivity contribution in [3.05, 3.63) is 46.3 Å². The molecule has 0 amide bonds. The van der Waals surface area contributed by atoms with E-state index in [9.17, 15) is 10.1 Å². The maximum absolute atomic E-state index is 11.4. The highest BCUT2D eigenvalue weighted by Gasteiger charge is 2.26. The zero-order chi connectivity index (χ0) is 17.2. The quantitative estimate of drug-likeness (QED) is 0.608. The van der Waals surface area contributed by atoms with E-state index in [0.717, 1.165) is 32.1 Å². The van der Waals surface area contributed by atoms with Crippen LogP contribution in [-0.2, 0) is 6.54 Å². The smallest absolute Gasteiger partial charge is 0.277 e. The maximum Gasteiger partial charge on any atom is 0.277 e. The number of ether oxygens (including phenoxy) is 2. The van der Waals surface area contributed by atoms with Gasteiger partial charge in [-0.3, -0.25) is 15.0 Å². The van der Waals surface area contributed by atoms with Gasteiger partial charge in [0.25, 0.3) is 5.69 Å². The normalized spacial score (nSPS) is 16.9. The average molecular weight is 343 g/mol. The van der Waals surface area contributed by atoms with Crippen LogP contribution in [0, 0.1) is 10.1 Å². The maximum atomic E-state index is 11.4. The third-order valence-electron chi connectivity index (χ3n) is 4.37. The Morgan fingerprint density at radius 2 is 1.76 bits per heavy atom. The van der Waals surface area contributed by atoms with Crippen LogP contribution < -0.4 is 14.4 Å². The number of nitro groups is 1. The minimum Gasteiger partial charge on any atom is -0.454 e. The number of rotatable bonds is 4. The molecule has 1 aromatic carbocycles. The number of benzene rings is 1. The minimum absolute atomic E-state index is 0.0677. The van der Waals surface area contributed by atoms with Crippen molar-refractivity contribution in [1.82, 2.24) is 14.9 Å². The summed E-state index contributed by atoms with van der Waals surface area (Å²) in [5, 5.41) is 11.4. The van der Waals surface area contributed by atoms with E-state index < -0.39 is 0 Å². The first-order valence-corrected chi connectivity index (χ1v) is 8.02. The predicted molar refractivity (Wildman–Crippen MR) is 88.7 cm³/mol. The molecule has 0 unspecified atom stereocenters. The second-order valence-corrected chi connectivity index (χ2v) is 5.90. The first-order chi connectivity index (χ1) is 12.2. The molecule has 2 aliphatic rings. The average Bonchev–Trinajstić information content (AvgIpc) is 3.10. The largest absolute Gasteiger partial charge is 0.454 e. The molecule has 3 heterocycles. The monoisotopic (exact) mass is 343 g/mol. The van der Waals surface area contributed by atoms with Crippen LogP contribution in [0.5, 0.6) is 11.5 Å². The molecule has 130 valence electrons. The van der Waals surface area contributed by atoms with Crippen molar-refractivity contribution in [2.45, 2.75) is 6.54 Å². The molecule has 0 saturated carbocycles. The number of anilines is 1. The van der Waals surface area contributed by atoms with Crippen LogP contribution in [0.1, 0.15) is 5.56 Å². The summed E-state index contributed by atoms with van der Waals surface area (Å²) in [7, 11) is 0. The van der Waals surface area contributed by atoms with E-state index in [0.29, 0.717) is 23.6 Å². The van der Waals surface area contributed by atoms with E-state index in [1.165, 1.54) is 6.07 Å². The summed E-state index contributed by atoms with van der Waals surface area (Å²) in [5.41, 5.74) is 0.705. The fourth-order valence-corrected chi connectivity index (χ4v) is 3.07. The Balaban J connectivity index is 1.46. The predicted octanol–water partition coefficient (Wildman–Crippen LogP) is 1.44. The summed E-state index contributed by atoms with van der Waals surface area (Å²) in [6.45, 7) is 3.72.